The van der Waals surface area contributed by atoms with Crippen LogP contribution in [0, 0.1) is 0 Å². The summed E-state index contributed by atoms with van der Waals surface area (Å²) in [4.78, 5) is 27.8. The maximum atomic E-state index is 12.0. The molecular weight excluding hydrogens is 370 g/mol. The lowest BCUT2D eigenvalue weighted by atomic mass is 10.3. The Morgan fingerprint density at radius 1 is 1.32 bits per heavy atom. The van der Waals surface area contributed by atoms with Gasteiger partial charge < -0.3 is 10.1 Å². The highest BCUT2D eigenvalue weighted by molar-refractivity contribution is 7.89. The molecule has 10 heteroatoms. The molecule has 0 aromatic carbocycles. The fourth-order valence-corrected chi connectivity index (χ4v) is 3.25. The second kappa shape index (κ2) is 9.69. The first-order chi connectivity index (χ1) is 11.6. The Kier molecular flexibility index (Phi) is 8.27. The Bertz CT molecular complexity index is 694. The van der Waals surface area contributed by atoms with E-state index >= 15 is 0 Å². The number of ether oxygens (including phenoxy) is 1. The van der Waals surface area contributed by atoms with Gasteiger partial charge in [-0.25, -0.2) is 18.1 Å². The zero-order chi connectivity index (χ0) is 19.0. The fraction of sp³-hybridized carbons (Fsp3) is 0.533. The van der Waals surface area contributed by atoms with Crippen LogP contribution in [0.4, 0.5) is 5.82 Å². The number of hydrogen-bond donors (Lipinski definition) is 2. The van der Waals surface area contributed by atoms with Crippen LogP contribution in [-0.2, 0) is 24.3 Å². The van der Waals surface area contributed by atoms with Crippen LogP contribution < -0.4 is 10.0 Å². The summed E-state index contributed by atoms with van der Waals surface area (Å²) in [6.07, 6.45) is 1.45. The van der Waals surface area contributed by atoms with E-state index in [9.17, 15) is 18.0 Å². The van der Waals surface area contributed by atoms with Gasteiger partial charge in [0, 0.05) is 6.20 Å². The largest absolute Gasteiger partial charge is 0.451 e. The van der Waals surface area contributed by atoms with Crippen molar-refractivity contribution in [1.29, 1.82) is 0 Å². The van der Waals surface area contributed by atoms with Crippen molar-refractivity contribution in [2.45, 2.75) is 45.8 Å². The standard InChI is InChI=1S/C15H22ClN3O5S/c1-4-5-8-25(22,23)19-10(2)15(21)24-11(3)14(20)18-13-7-6-12(16)9-17-13/h6-7,9-11,19H,4-5,8H2,1-3H3,(H,17,18,20)/t10-,11-/m0/s1. The third-order valence-electron chi connectivity index (χ3n) is 3.12. The van der Waals surface area contributed by atoms with Crippen molar-refractivity contribution in [3.8, 4) is 0 Å². The van der Waals surface area contributed by atoms with Gasteiger partial charge in [-0.1, -0.05) is 24.9 Å². The third kappa shape index (κ3) is 7.80. The summed E-state index contributed by atoms with van der Waals surface area (Å²) in [5.74, 6) is -1.25. The minimum atomic E-state index is -3.57. The van der Waals surface area contributed by atoms with Gasteiger partial charge in [0.1, 0.15) is 11.9 Å². The van der Waals surface area contributed by atoms with E-state index in [4.69, 9.17) is 16.3 Å². The van der Waals surface area contributed by atoms with Crippen molar-refractivity contribution >= 4 is 39.3 Å². The fourth-order valence-electron chi connectivity index (χ4n) is 1.72. The Morgan fingerprint density at radius 3 is 2.56 bits per heavy atom. The van der Waals surface area contributed by atoms with Gasteiger partial charge >= 0.3 is 5.97 Å². The summed E-state index contributed by atoms with van der Waals surface area (Å²) in [7, 11) is -3.57. The molecule has 8 nitrogen and oxygen atoms in total. The van der Waals surface area contributed by atoms with E-state index in [2.05, 4.69) is 15.0 Å². The van der Waals surface area contributed by atoms with Crippen molar-refractivity contribution in [2.24, 2.45) is 0 Å². The number of halogens is 1. The number of nitrogens with zero attached hydrogens (tertiary/aromatic N) is 1. The van der Waals surface area contributed by atoms with Crippen LogP contribution in [0.2, 0.25) is 5.02 Å². The predicted octanol–water partition coefficient (Wildman–Crippen LogP) is 1.71. The van der Waals surface area contributed by atoms with Gasteiger partial charge in [0.15, 0.2) is 6.10 Å². The first kappa shape index (κ1) is 21.3. The monoisotopic (exact) mass is 391 g/mol. The highest BCUT2D eigenvalue weighted by Gasteiger charge is 2.25. The maximum Gasteiger partial charge on any atom is 0.324 e. The van der Waals surface area contributed by atoms with Crippen LogP contribution in [0.15, 0.2) is 18.3 Å². The molecule has 140 valence electrons. The van der Waals surface area contributed by atoms with Crippen molar-refractivity contribution in [1.82, 2.24) is 9.71 Å². The van der Waals surface area contributed by atoms with Crippen LogP contribution in [0.25, 0.3) is 0 Å². The topological polar surface area (TPSA) is 114 Å². The van der Waals surface area contributed by atoms with E-state index in [1.165, 1.54) is 26.1 Å². The van der Waals surface area contributed by atoms with E-state index in [1.54, 1.807) is 6.07 Å². The zero-order valence-electron chi connectivity index (χ0n) is 14.3. The summed E-state index contributed by atoms with van der Waals surface area (Å²) in [6, 6.07) is 1.96. The van der Waals surface area contributed by atoms with Gasteiger partial charge in [-0.05, 0) is 32.4 Å². The predicted molar refractivity (Wildman–Crippen MR) is 94.7 cm³/mol. The van der Waals surface area contributed by atoms with E-state index in [0.29, 0.717) is 11.4 Å². The third-order valence-corrected chi connectivity index (χ3v) is 4.88. The number of anilines is 1. The van der Waals surface area contributed by atoms with E-state index in [-0.39, 0.29) is 11.6 Å². The van der Waals surface area contributed by atoms with Crippen molar-refractivity contribution in [3.63, 3.8) is 0 Å². The van der Waals surface area contributed by atoms with Crippen molar-refractivity contribution in [2.75, 3.05) is 11.1 Å². The Balaban J connectivity index is 2.54. The summed E-state index contributed by atoms with van der Waals surface area (Å²) < 4.78 is 30.8. The van der Waals surface area contributed by atoms with E-state index < -0.39 is 34.0 Å². The summed E-state index contributed by atoms with van der Waals surface area (Å²) in [5.41, 5.74) is 0. The molecule has 1 rings (SSSR count). The molecular formula is C15H22ClN3O5S. The first-order valence-electron chi connectivity index (χ1n) is 7.77. The first-order valence-corrected chi connectivity index (χ1v) is 9.80. The molecule has 0 radical (unpaired) electrons. The molecule has 1 heterocycles. The minimum absolute atomic E-state index is 0.0700. The lowest BCUT2D eigenvalue weighted by Gasteiger charge is -2.17. The number of nitrogens with one attached hydrogen (secondary N) is 2. The molecule has 0 bridgehead atoms. The molecule has 1 aromatic heterocycles. The number of sulfonamides is 1. The quantitative estimate of drug-likeness (QED) is 0.619. The number of carbonyl (C=O) groups is 2. The van der Waals surface area contributed by atoms with Gasteiger partial charge in [0.2, 0.25) is 10.0 Å². The van der Waals surface area contributed by atoms with Crippen molar-refractivity contribution < 1.29 is 22.7 Å². The van der Waals surface area contributed by atoms with Gasteiger partial charge in [-0.15, -0.1) is 0 Å². The zero-order valence-corrected chi connectivity index (χ0v) is 15.9. The van der Waals surface area contributed by atoms with Crippen LogP contribution in [-0.4, -0.2) is 43.2 Å². The van der Waals surface area contributed by atoms with Crippen LogP contribution in [0.1, 0.15) is 33.6 Å². The minimum Gasteiger partial charge on any atom is -0.451 e. The molecule has 2 N–H and O–H groups in total. The maximum absolute atomic E-state index is 12.0. The number of unbranched alkanes of at least 4 members (excludes halogenated alkanes) is 1. The molecule has 1 amide bonds. The summed E-state index contributed by atoms with van der Waals surface area (Å²) >= 11 is 5.70. The van der Waals surface area contributed by atoms with E-state index in [1.807, 2.05) is 6.92 Å². The Morgan fingerprint density at radius 2 is 2.00 bits per heavy atom. The molecule has 25 heavy (non-hydrogen) atoms. The Labute approximate surface area is 152 Å². The number of amides is 1. The molecule has 0 saturated carbocycles. The average Bonchev–Trinajstić information content (AvgIpc) is 2.54. The van der Waals surface area contributed by atoms with E-state index in [0.717, 1.165) is 6.42 Å². The number of hydrogen-bond acceptors (Lipinski definition) is 6. The second-order valence-electron chi connectivity index (χ2n) is 5.44. The molecule has 0 saturated heterocycles. The molecule has 2 atom stereocenters. The van der Waals surface area contributed by atoms with Gasteiger partial charge in [-0.2, -0.15) is 0 Å². The normalized spacial score (nSPS) is 13.8. The SMILES string of the molecule is CCCCS(=O)(=O)N[C@@H](C)C(=O)O[C@@H](C)C(=O)Nc1ccc(Cl)cn1. The van der Waals surface area contributed by atoms with Gasteiger partial charge in [0.05, 0.1) is 10.8 Å². The molecule has 0 aliphatic heterocycles. The number of rotatable bonds is 9. The molecule has 0 fully saturated rings. The number of pyridine rings is 1. The van der Waals surface area contributed by atoms with Crippen molar-refractivity contribution in [3.05, 3.63) is 23.4 Å². The lowest BCUT2D eigenvalue weighted by molar-refractivity contribution is -0.154. The lowest BCUT2D eigenvalue weighted by Crippen LogP contribution is -2.43. The molecule has 0 aliphatic carbocycles. The Hall–Kier alpha value is -1.71. The van der Waals surface area contributed by atoms with Gasteiger partial charge in [-0.3, -0.25) is 9.59 Å². The van der Waals surface area contributed by atoms with Crippen LogP contribution in [0.5, 0.6) is 0 Å². The average molecular weight is 392 g/mol. The second-order valence-corrected chi connectivity index (χ2v) is 7.75. The van der Waals surface area contributed by atoms with Crippen LogP contribution >= 0.6 is 11.6 Å². The number of aromatic nitrogens is 1. The smallest absolute Gasteiger partial charge is 0.324 e. The highest BCUT2D eigenvalue weighted by Crippen LogP contribution is 2.10. The molecule has 0 aliphatic rings. The molecule has 0 unspecified atom stereocenters. The van der Waals surface area contributed by atoms with Crippen LogP contribution in [0.3, 0.4) is 0 Å². The van der Waals surface area contributed by atoms with Gasteiger partial charge in [0.25, 0.3) is 5.91 Å². The molecule has 1 aromatic rings. The summed E-state index contributed by atoms with van der Waals surface area (Å²) in [6.45, 7) is 4.60. The molecule has 0 spiro atoms. The number of carbonyl (C=O) groups excluding carboxylic acids is 2. The highest BCUT2D eigenvalue weighted by atomic mass is 35.5. The summed E-state index contributed by atoms with van der Waals surface area (Å²) in [5, 5.41) is 2.88. The number of esters is 1.